The Morgan fingerprint density at radius 1 is 1.00 bits per heavy atom. The van der Waals surface area contributed by atoms with Crippen molar-refractivity contribution in [2.45, 2.75) is 50.5 Å². The van der Waals surface area contributed by atoms with Crippen LogP contribution in [-0.4, -0.2) is 37.1 Å². The molecule has 0 unspecified atom stereocenters. The third kappa shape index (κ3) is 4.45. The van der Waals surface area contributed by atoms with Crippen LogP contribution in [-0.2, 0) is 0 Å². The SMILES string of the molecule is Clc1ccc(C2CC(NCCN3CCCCCC3)C2)cc1. The second-order valence-electron chi connectivity index (χ2n) is 6.63. The molecule has 21 heavy (non-hydrogen) atoms. The number of hydrogen-bond acceptors (Lipinski definition) is 2. The predicted octanol–water partition coefficient (Wildman–Crippen LogP) is 4.05. The molecule has 0 atom stereocenters. The lowest BCUT2D eigenvalue weighted by Crippen LogP contribution is -2.43. The Morgan fingerprint density at radius 2 is 1.67 bits per heavy atom. The minimum absolute atomic E-state index is 0.720. The molecule has 2 fully saturated rings. The first-order valence-corrected chi connectivity index (χ1v) is 8.90. The van der Waals surface area contributed by atoms with Crippen molar-refractivity contribution in [2.24, 2.45) is 0 Å². The number of nitrogens with zero attached hydrogens (tertiary/aromatic N) is 1. The maximum atomic E-state index is 5.94. The van der Waals surface area contributed by atoms with E-state index in [1.54, 1.807) is 0 Å². The van der Waals surface area contributed by atoms with E-state index in [1.165, 1.54) is 63.7 Å². The summed E-state index contributed by atoms with van der Waals surface area (Å²) in [6.07, 6.45) is 8.19. The molecule has 1 aromatic carbocycles. The Bertz CT molecular complexity index is 417. The highest BCUT2D eigenvalue weighted by Crippen LogP contribution is 2.37. The van der Waals surface area contributed by atoms with Gasteiger partial charge in [-0.15, -0.1) is 0 Å². The highest BCUT2D eigenvalue weighted by molar-refractivity contribution is 6.30. The van der Waals surface area contributed by atoms with Crippen molar-refractivity contribution >= 4 is 11.6 Å². The van der Waals surface area contributed by atoms with E-state index in [0.717, 1.165) is 23.5 Å². The largest absolute Gasteiger partial charge is 0.313 e. The van der Waals surface area contributed by atoms with Crippen LogP contribution in [0.2, 0.25) is 5.02 Å². The molecule has 0 radical (unpaired) electrons. The average Bonchev–Trinajstić information content (AvgIpc) is 2.71. The van der Waals surface area contributed by atoms with Crippen molar-refractivity contribution in [1.82, 2.24) is 10.2 Å². The van der Waals surface area contributed by atoms with E-state index in [9.17, 15) is 0 Å². The summed E-state index contributed by atoms with van der Waals surface area (Å²) in [7, 11) is 0. The third-order valence-corrected chi connectivity index (χ3v) is 5.29. The van der Waals surface area contributed by atoms with E-state index < -0.39 is 0 Å². The van der Waals surface area contributed by atoms with Gasteiger partial charge in [0.15, 0.2) is 0 Å². The summed E-state index contributed by atoms with van der Waals surface area (Å²) < 4.78 is 0. The number of hydrogen-bond donors (Lipinski definition) is 1. The molecule has 2 nitrogen and oxygen atoms in total. The molecular weight excluding hydrogens is 280 g/mol. The fourth-order valence-electron chi connectivity index (χ4n) is 3.58. The van der Waals surface area contributed by atoms with Crippen LogP contribution in [0, 0.1) is 0 Å². The van der Waals surface area contributed by atoms with Gasteiger partial charge in [0.1, 0.15) is 0 Å². The summed E-state index contributed by atoms with van der Waals surface area (Å²) in [5, 5.41) is 4.57. The van der Waals surface area contributed by atoms with Crippen LogP contribution in [0.25, 0.3) is 0 Å². The van der Waals surface area contributed by atoms with Crippen LogP contribution in [0.15, 0.2) is 24.3 Å². The fourth-order valence-corrected chi connectivity index (χ4v) is 3.70. The van der Waals surface area contributed by atoms with Crippen molar-refractivity contribution in [2.75, 3.05) is 26.2 Å². The molecule has 0 bridgehead atoms. The second kappa shape index (κ2) is 7.62. The Morgan fingerprint density at radius 3 is 2.33 bits per heavy atom. The summed E-state index contributed by atoms with van der Waals surface area (Å²) in [6, 6.07) is 9.10. The van der Waals surface area contributed by atoms with E-state index in [2.05, 4.69) is 22.3 Å². The fraction of sp³-hybridized carbons (Fsp3) is 0.667. The molecule has 0 amide bonds. The molecule has 1 aliphatic carbocycles. The van der Waals surface area contributed by atoms with Gasteiger partial charge < -0.3 is 10.2 Å². The highest BCUT2D eigenvalue weighted by Gasteiger charge is 2.29. The predicted molar refractivity (Wildman–Crippen MR) is 90.1 cm³/mol. The molecule has 2 aliphatic rings. The van der Waals surface area contributed by atoms with Crippen LogP contribution in [0.4, 0.5) is 0 Å². The lowest BCUT2D eigenvalue weighted by atomic mass is 9.76. The zero-order chi connectivity index (χ0) is 14.5. The maximum absolute atomic E-state index is 5.94. The van der Waals surface area contributed by atoms with Crippen molar-refractivity contribution < 1.29 is 0 Å². The molecule has 1 saturated heterocycles. The van der Waals surface area contributed by atoms with Gasteiger partial charge in [-0.05, 0) is 62.4 Å². The summed E-state index contributed by atoms with van der Waals surface area (Å²) >= 11 is 5.94. The maximum Gasteiger partial charge on any atom is 0.0406 e. The number of nitrogens with one attached hydrogen (secondary N) is 1. The van der Waals surface area contributed by atoms with Crippen LogP contribution in [0.5, 0.6) is 0 Å². The highest BCUT2D eigenvalue weighted by atomic mass is 35.5. The third-order valence-electron chi connectivity index (χ3n) is 5.04. The Kier molecular flexibility index (Phi) is 5.56. The smallest absolute Gasteiger partial charge is 0.0406 e. The van der Waals surface area contributed by atoms with Gasteiger partial charge in [0.05, 0.1) is 0 Å². The molecule has 116 valence electrons. The molecule has 0 spiro atoms. The van der Waals surface area contributed by atoms with Gasteiger partial charge >= 0.3 is 0 Å². The minimum Gasteiger partial charge on any atom is -0.313 e. The van der Waals surface area contributed by atoms with Gasteiger partial charge in [0, 0.05) is 24.2 Å². The Labute approximate surface area is 133 Å². The van der Waals surface area contributed by atoms with E-state index in [-0.39, 0.29) is 0 Å². The quantitative estimate of drug-likeness (QED) is 0.883. The molecule has 1 heterocycles. The van der Waals surface area contributed by atoms with Gasteiger partial charge in [0.2, 0.25) is 0 Å². The van der Waals surface area contributed by atoms with Crippen molar-refractivity contribution in [3.05, 3.63) is 34.9 Å². The van der Waals surface area contributed by atoms with Crippen LogP contribution >= 0.6 is 11.6 Å². The second-order valence-corrected chi connectivity index (χ2v) is 7.06. The lowest BCUT2D eigenvalue weighted by Gasteiger charge is -2.37. The molecule has 3 rings (SSSR count). The monoisotopic (exact) mass is 306 g/mol. The van der Waals surface area contributed by atoms with Gasteiger partial charge in [0.25, 0.3) is 0 Å². The van der Waals surface area contributed by atoms with Crippen molar-refractivity contribution in [3.8, 4) is 0 Å². The number of halogens is 1. The first kappa shape index (κ1) is 15.3. The van der Waals surface area contributed by atoms with Gasteiger partial charge in [-0.1, -0.05) is 36.6 Å². The molecule has 3 heteroatoms. The summed E-state index contributed by atoms with van der Waals surface area (Å²) in [4.78, 5) is 2.63. The Hall–Kier alpha value is -0.570. The topological polar surface area (TPSA) is 15.3 Å². The minimum atomic E-state index is 0.720. The first-order valence-electron chi connectivity index (χ1n) is 8.52. The zero-order valence-corrected chi connectivity index (χ0v) is 13.6. The van der Waals surface area contributed by atoms with Crippen LogP contribution in [0.3, 0.4) is 0 Å². The summed E-state index contributed by atoms with van der Waals surface area (Å²) in [5.41, 5.74) is 1.45. The molecule has 1 saturated carbocycles. The molecule has 0 aromatic heterocycles. The standard InChI is InChI=1S/C18H27ClN2/c19-17-7-5-15(6-8-17)16-13-18(14-16)20-9-12-21-10-3-1-2-4-11-21/h5-8,16,18,20H,1-4,9-14H2. The van der Waals surface area contributed by atoms with Crippen LogP contribution in [0.1, 0.15) is 50.0 Å². The molecular formula is C18H27ClN2. The first-order chi connectivity index (χ1) is 10.3. The number of benzene rings is 1. The van der Waals surface area contributed by atoms with Gasteiger partial charge in [-0.3, -0.25) is 0 Å². The van der Waals surface area contributed by atoms with Gasteiger partial charge in [-0.2, -0.15) is 0 Å². The average molecular weight is 307 g/mol. The molecule has 1 aromatic rings. The van der Waals surface area contributed by atoms with E-state index in [0.29, 0.717) is 0 Å². The van der Waals surface area contributed by atoms with Crippen molar-refractivity contribution in [3.63, 3.8) is 0 Å². The Balaban J connectivity index is 1.32. The van der Waals surface area contributed by atoms with E-state index >= 15 is 0 Å². The lowest BCUT2D eigenvalue weighted by molar-refractivity contribution is 0.248. The van der Waals surface area contributed by atoms with Crippen molar-refractivity contribution in [1.29, 1.82) is 0 Å². The zero-order valence-electron chi connectivity index (χ0n) is 12.9. The normalized spacial score (nSPS) is 27.1. The number of rotatable bonds is 5. The molecule has 1 N–H and O–H groups in total. The van der Waals surface area contributed by atoms with E-state index in [1.807, 2.05) is 12.1 Å². The van der Waals surface area contributed by atoms with Gasteiger partial charge in [-0.25, -0.2) is 0 Å². The summed E-state index contributed by atoms with van der Waals surface area (Å²) in [5.74, 6) is 0.734. The molecule has 1 aliphatic heterocycles. The van der Waals surface area contributed by atoms with Crippen LogP contribution < -0.4 is 5.32 Å². The number of likely N-dealkylation sites (tertiary alicyclic amines) is 1. The summed E-state index contributed by atoms with van der Waals surface area (Å²) in [6.45, 7) is 4.99. The van der Waals surface area contributed by atoms with E-state index in [4.69, 9.17) is 11.6 Å².